The first kappa shape index (κ1) is 17.9. The summed E-state index contributed by atoms with van der Waals surface area (Å²) < 4.78 is 32.4. The Labute approximate surface area is 145 Å². The predicted octanol–water partition coefficient (Wildman–Crippen LogP) is 2.14. The monoisotopic (exact) mass is 352 g/mol. The van der Waals surface area contributed by atoms with Crippen molar-refractivity contribution < 1.29 is 13.2 Å². The molecule has 1 aliphatic heterocycles. The SMILES string of the molecule is CCOC1CC(NC2CCN(S(=O)(=O)Cc3ccccc3)CC2)C1. The lowest BCUT2D eigenvalue weighted by molar-refractivity contribution is -0.0136. The van der Waals surface area contributed by atoms with E-state index in [0.717, 1.165) is 37.9 Å². The first-order chi connectivity index (χ1) is 11.6. The first-order valence-electron chi connectivity index (χ1n) is 8.96. The zero-order valence-corrected chi connectivity index (χ0v) is 15.2. The van der Waals surface area contributed by atoms with Crippen LogP contribution in [0, 0.1) is 0 Å². The maximum absolute atomic E-state index is 12.6. The Morgan fingerprint density at radius 2 is 1.79 bits per heavy atom. The van der Waals surface area contributed by atoms with Crippen LogP contribution in [0.1, 0.15) is 38.2 Å². The fraction of sp³-hybridized carbons (Fsp3) is 0.667. The fourth-order valence-corrected chi connectivity index (χ4v) is 5.15. The zero-order valence-electron chi connectivity index (χ0n) is 14.4. The van der Waals surface area contributed by atoms with Gasteiger partial charge < -0.3 is 10.1 Å². The third-order valence-corrected chi connectivity index (χ3v) is 6.86. The van der Waals surface area contributed by atoms with Gasteiger partial charge in [0.15, 0.2) is 0 Å². The van der Waals surface area contributed by atoms with E-state index in [1.807, 2.05) is 37.3 Å². The molecule has 24 heavy (non-hydrogen) atoms. The van der Waals surface area contributed by atoms with Crippen molar-refractivity contribution in [3.8, 4) is 0 Å². The van der Waals surface area contributed by atoms with Gasteiger partial charge in [0.05, 0.1) is 11.9 Å². The number of benzene rings is 1. The number of nitrogens with zero attached hydrogens (tertiary/aromatic N) is 1. The molecule has 1 aliphatic carbocycles. The lowest BCUT2D eigenvalue weighted by Gasteiger charge is -2.40. The highest BCUT2D eigenvalue weighted by atomic mass is 32.2. The molecule has 134 valence electrons. The van der Waals surface area contributed by atoms with Crippen LogP contribution in [-0.2, 0) is 20.5 Å². The largest absolute Gasteiger partial charge is 0.378 e. The van der Waals surface area contributed by atoms with Gasteiger partial charge in [0.1, 0.15) is 0 Å². The highest BCUT2D eigenvalue weighted by Gasteiger charge is 2.33. The van der Waals surface area contributed by atoms with Crippen LogP contribution >= 0.6 is 0 Å². The third kappa shape index (κ3) is 4.57. The fourth-order valence-electron chi connectivity index (χ4n) is 3.58. The molecular weight excluding hydrogens is 324 g/mol. The number of rotatable bonds is 7. The van der Waals surface area contributed by atoms with E-state index in [-0.39, 0.29) is 5.75 Å². The molecule has 3 rings (SSSR count). The summed E-state index contributed by atoms with van der Waals surface area (Å²) in [4.78, 5) is 0. The highest BCUT2D eigenvalue weighted by Crippen LogP contribution is 2.25. The van der Waals surface area contributed by atoms with Gasteiger partial charge in [-0.25, -0.2) is 12.7 Å². The Balaban J connectivity index is 1.43. The van der Waals surface area contributed by atoms with Gasteiger partial charge in [-0.3, -0.25) is 0 Å². The van der Waals surface area contributed by atoms with Gasteiger partial charge in [-0.05, 0) is 38.2 Å². The third-order valence-electron chi connectivity index (χ3n) is 5.01. The lowest BCUT2D eigenvalue weighted by atomic mass is 9.88. The Bertz CT molecular complexity index is 606. The van der Waals surface area contributed by atoms with Crippen LogP contribution in [0.5, 0.6) is 0 Å². The second kappa shape index (κ2) is 7.95. The quantitative estimate of drug-likeness (QED) is 0.817. The van der Waals surface area contributed by atoms with Gasteiger partial charge in [-0.2, -0.15) is 0 Å². The standard InChI is InChI=1S/C18H28N2O3S/c1-2-23-18-12-17(13-18)19-16-8-10-20(11-9-16)24(21,22)14-15-6-4-3-5-7-15/h3-7,16-19H,2,8-14H2,1H3. The van der Waals surface area contributed by atoms with Crippen molar-refractivity contribution in [3.05, 3.63) is 35.9 Å². The highest BCUT2D eigenvalue weighted by molar-refractivity contribution is 7.88. The topological polar surface area (TPSA) is 58.6 Å². The van der Waals surface area contributed by atoms with E-state index in [9.17, 15) is 8.42 Å². The number of piperidine rings is 1. The molecule has 1 aromatic rings. The van der Waals surface area contributed by atoms with Gasteiger partial charge >= 0.3 is 0 Å². The lowest BCUT2D eigenvalue weighted by Crippen LogP contribution is -2.53. The van der Waals surface area contributed by atoms with E-state index in [1.165, 1.54) is 0 Å². The second-order valence-electron chi connectivity index (χ2n) is 6.83. The summed E-state index contributed by atoms with van der Waals surface area (Å²) in [6.45, 7) is 4.06. The molecule has 1 saturated carbocycles. The van der Waals surface area contributed by atoms with Gasteiger partial charge in [0.25, 0.3) is 0 Å². The molecule has 5 nitrogen and oxygen atoms in total. The average molecular weight is 353 g/mol. The van der Waals surface area contributed by atoms with E-state index < -0.39 is 10.0 Å². The molecule has 0 bridgehead atoms. The van der Waals surface area contributed by atoms with E-state index >= 15 is 0 Å². The molecule has 1 aromatic carbocycles. The van der Waals surface area contributed by atoms with Crippen LogP contribution in [-0.4, -0.2) is 50.6 Å². The minimum absolute atomic E-state index is 0.102. The molecule has 1 N–H and O–H groups in total. The van der Waals surface area contributed by atoms with Crippen LogP contribution in [0.25, 0.3) is 0 Å². The Kier molecular flexibility index (Phi) is 5.92. The van der Waals surface area contributed by atoms with Crippen molar-refractivity contribution >= 4 is 10.0 Å². The summed E-state index contributed by atoms with van der Waals surface area (Å²) in [5.74, 6) is 0.102. The van der Waals surface area contributed by atoms with Crippen molar-refractivity contribution in [1.29, 1.82) is 0 Å². The Morgan fingerprint density at radius 3 is 2.42 bits per heavy atom. The molecule has 0 amide bonds. The van der Waals surface area contributed by atoms with E-state index in [2.05, 4.69) is 5.32 Å². The number of ether oxygens (including phenoxy) is 1. The number of hydrogen-bond donors (Lipinski definition) is 1. The maximum atomic E-state index is 12.6. The Morgan fingerprint density at radius 1 is 1.12 bits per heavy atom. The van der Waals surface area contributed by atoms with Crippen LogP contribution in [0.4, 0.5) is 0 Å². The summed E-state index contributed by atoms with van der Waals surface area (Å²) in [5, 5.41) is 3.66. The van der Waals surface area contributed by atoms with Crippen LogP contribution in [0.3, 0.4) is 0 Å². The van der Waals surface area contributed by atoms with E-state index in [4.69, 9.17) is 4.74 Å². The smallest absolute Gasteiger partial charge is 0.218 e. The van der Waals surface area contributed by atoms with Crippen molar-refractivity contribution in [1.82, 2.24) is 9.62 Å². The molecule has 0 radical (unpaired) electrons. The Hall–Kier alpha value is -0.950. The molecule has 0 atom stereocenters. The normalized spacial score (nSPS) is 26.2. The minimum Gasteiger partial charge on any atom is -0.378 e. The summed E-state index contributed by atoms with van der Waals surface area (Å²) in [7, 11) is -3.21. The summed E-state index contributed by atoms with van der Waals surface area (Å²) in [6.07, 6.45) is 4.37. The molecule has 1 saturated heterocycles. The molecule has 2 fully saturated rings. The summed E-state index contributed by atoms with van der Waals surface area (Å²) >= 11 is 0. The number of sulfonamides is 1. The van der Waals surface area contributed by atoms with E-state index in [0.29, 0.717) is 31.3 Å². The first-order valence-corrected chi connectivity index (χ1v) is 10.6. The molecular formula is C18H28N2O3S. The zero-order chi connectivity index (χ0) is 17.0. The second-order valence-corrected chi connectivity index (χ2v) is 8.80. The van der Waals surface area contributed by atoms with Crippen LogP contribution in [0.15, 0.2) is 30.3 Å². The van der Waals surface area contributed by atoms with Gasteiger partial charge in [0, 0.05) is 31.8 Å². The van der Waals surface area contributed by atoms with Gasteiger partial charge in [-0.15, -0.1) is 0 Å². The van der Waals surface area contributed by atoms with Crippen molar-refractivity contribution in [2.45, 2.75) is 56.5 Å². The van der Waals surface area contributed by atoms with Crippen molar-refractivity contribution in [2.24, 2.45) is 0 Å². The van der Waals surface area contributed by atoms with Crippen LogP contribution < -0.4 is 5.32 Å². The van der Waals surface area contributed by atoms with Gasteiger partial charge in [-0.1, -0.05) is 30.3 Å². The predicted molar refractivity (Wildman–Crippen MR) is 95.2 cm³/mol. The molecule has 1 heterocycles. The summed E-state index contributed by atoms with van der Waals surface area (Å²) in [6, 6.07) is 10.4. The van der Waals surface area contributed by atoms with E-state index in [1.54, 1.807) is 4.31 Å². The molecule has 0 aromatic heterocycles. The number of hydrogen-bond acceptors (Lipinski definition) is 4. The van der Waals surface area contributed by atoms with Crippen molar-refractivity contribution in [2.75, 3.05) is 19.7 Å². The molecule has 0 spiro atoms. The number of nitrogens with one attached hydrogen (secondary N) is 1. The van der Waals surface area contributed by atoms with Crippen molar-refractivity contribution in [3.63, 3.8) is 0 Å². The van der Waals surface area contributed by atoms with Crippen LogP contribution in [0.2, 0.25) is 0 Å². The molecule has 2 aliphatic rings. The van der Waals surface area contributed by atoms with Gasteiger partial charge in [0.2, 0.25) is 10.0 Å². The average Bonchev–Trinajstić information content (AvgIpc) is 2.54. The molecule has 6 heteroatoms. The minimum atomic E-state index is -3.21. The summed E-state index contributed by atoms with van der Waals surface area (Å²) in [5.41, 5.74) is 0.856. The molecule has 0 unspecified atom stereocenters. The maximum Gasteiger partial charge on any atom is 0.218 e.